The minimum atomic E-state index is 0.0904. The van der Waals surface area contributed by atoms with Crippen LogP contribution in [0.15, 0.2) is 18.6 Å². The summed E-state index contributed by atoms with van der Waals surface area (Å²) in [7, 11) is 1.75. The molecule has 1 saturated carbocycles. The van der Waals surface area contributed by atoms with Gasteiger partial charge in [0.25, 0.3) is 0 Å². The Kier molecular flexibility index (Phi) is 2.62. The highest BCUT2D eigenvalue weighted by atomic mass is 16.2. The number of aromatic nitrogens is 3. The third-order valence-corrected chi connectivity index (χ3v) is 5.65. The molecule has 0 radical (unpaired) electrons. The van der Waals surface area contributed by atoms with Crippen LogP contribution in [0, 0.1) is 5.41 Å². The lowest BCUT2D eigenvalue weighted by molar-refractivity contribution is -0.118. The maximum Gasteiger partial charge on any atom is 0.228 e. The Morgan fingerprint density at radius 1 is 1.12 bits per heavy atom. The summed E-state index contributed by atoms with van der Waals surface area (Å²) in [6.07, 6.45) is 8.50. The van der Waals surface area contributed by atoms with Crippen molar-refractivity contribution in [3.05, 3.63) is 35.5 Å². The van der Waals surface area contributed by atoms with E-state index < -0.39 is 0 Å². The predicted octanol–water partition coefficient (Wildman–Crippen LogP) is 2.09. The Hall–Kier alpha value is -2.50. The van der Waals surface area contributed by atoms with Crippen LogP contribution in [0.4, 0.5) is 5.82 Å². The van der Waals surface area contributed by atoms with Crippen LogP contribution >= 0.6 is 0 Å². The number of carbonyl (C=O) groups is 2. The molecule has 3 heterocycles. The molecule has 0 N–H and O–H groups in total. The Morgan fingerprint density at radius 3 is 2.75 bits per heavy atom. The van der Waals surface area contributed by atoms with Crippen molar-refractivity contribution in [2.24, 2.45) is 5.41 Å². The highest BCUT2D eigenvalue weighted by Crippen LogP contribution is 2.54. The van der Waals surface area contributed by atoms with Crippen molar-refractivity contribution in [3.63, 3.8) is 0 Å². The van der Waals surface area contributed by atoms with E-state index in [1.807, 2.05) is 10.6 Å². The van der Waals surface area contributed by atoms with Crippen LogP contribution in [0.5, 0.6) is 0 Å². The number of nitrogens with zero attached hydrogens (tertiary/aromatic N) is 4. The maximum absolute atomic E-state index is 12.6. The summed E-state index contributed by atoms with van der Waals surface area (Å²) in [5.41, 5.74) is 3.74. The molecule has 3 aliphatic rings. The summed E-state index contributed by atoms with van der Waals surface area (Å²) in [5.74, 6) is 0.996. The van der Waals surface area contributed by atoms with Crippen LogP contribution in [0.2, 0.25) is 0 Å². The van der Waals surface area contributed by atoms with Gasteiger partial charge in [-0.1, -0.05) is 0 Å². The van der Waals surface area contributed by atoms with Gasteiger partial charge in [-0.05, 0) is 42.7 Å². The molecule has 24 heavy (non-hydrogen) atoms. The summed E-state index contributed by atoms with van der Waals surface area (Å²) in [6.45, 7) is 0. The lowest BCUT2D eigenvalue weighted by Gasteiger charge is -2.25. The number of ketones is 1. The number of hydrogen-bond acceptors (Lipinski definition) is 4. The molecule has 1 spiro atoms. The predicted molar refractivity (Wildman–Crippen MR) is 87.4 cm³/mol. The number of pyridine rings is 1. The molecule has 5 rings (SSSR count). The molecular formula is C18H18N4O2. The van der Waals surface area contributed by atoms with Crippen LogP contribution in [-0.4, -0.2) is 33.3 Å². The lowest BCUT2D eigenvalue weighted by atomic mass is 9.86. The second-order valence-corrected chi connectivity index (χ2v) is 7.32. The zero-order valence-corrected chi connectivity index (χ0v) is 13.6. The molecule has 1 aliphatic heterocycles. The normalized spacial score (nSPS) is 21.0. The molecule has 0 unspecified atom stereocenters. The number of anilines is 1. The average molecular weight is 322 g/mol. The van der Waals surface area contributed by atoms with Gasteiger partial charge in [-0.2, -0.15) is 0 Å². The molecule has 6 heteroatoms. The van der Waals surface area contributed by atoms with E-state index in [1.165, 1.54) is 0 Å². The van der Waals surface area contributed by atoms with E-state index in [2.05, 4.69) is 9.97 Å². The zero-order chi connectivity index (χ0) is 16.5. The SMILES string of the molecule is CN1C(=O)CCc2cc(-n3cnc4c3C(=O)CC3(CC3)C4)cnc21. The van der Waals surface area contributed by atoms with Gasteiger partial charge in [-0.15, -0.1) is 0 Å². The smallest absolute Gasteiger partial charge is 0.228 e. The number of Topliss-reactive ketones (excluding diaryl/α,β-unsaturated/α-hetero) is 1. The minimum absolute atomic E-state index is 0.0904. The van der Waals surface area contributed by atoms with Crippen LogP contribution in [0.1, 0.15) is 47.4 Å². The number of rotatable bonds is 1. The Labute approximate surface area is 139 Å². The number of imidazole rings is 1. The van der Waals surface area contributed by atoms with Gasteiger partial charge in [0.1, 0.15) is 17.8 Å². The number of amides is 1. The number of fused-ring (bicyclic) bond motifs is 2. The molecule has 6 nitrogen and oxygen atoms in total. The standard InChI is InChI=1S/C18H18N4O2/c1-21-15(24)3-2-11-6-12(9-19-17(11)21)22-10-20-13-7-18(4-5-18)8-14(23)16(13)22/h6,9-10H,2-5,7-8H2,1H3. The quantitative estimate of drug-likeness (QED) is 0.806. The van der Waals surface area contributed by atoms with Crippen molar-refractivity contribution in [2.45, 2.75) is 38.5 Å². The van der Waals surface area contributed by atoms with Gasteiger partial charge in [0.05, 0.1) is 17.6 Å². The second-order valence-electron chi connectivity index (χ2n) is 7.32. The second kappa shape index (κ2) is 4.53. The van der Waals surface area contributed by atoms with E-state index in [0.717, 1.165) is 41.9 Å². The van der Waals surface area contributed by atoms with Crippen molar-refractivity contribution in [1.29, 1.82) is 0 Å². The van der Waals surface area contributed by atoms with Crippen LogP contribution < -0.4 is 4.90 Å². The molecule has 0 saturated heterocycles. The fraction of sp³-hybridized carbons (Fsp3) is 0.444. The molecule has 2 aromatic rings. The van der Waals surface area contributed by atoms with Crippen LogP contribution in [0.3, 0.4) is 0 Å². The summed E-state index contributed by atoms with van der Waals surface area (Å²) in [6, 6.07) is 2.03. The van der Waals surface area contributed by atoms with Crippen molar-refractivity contribution >= 4 is 17.5 Å². The van der Waals surface area contributed by atoms with Gasteiger partial charge in [0, 0.05) is 19.9 Å². The first-order chi connectivity index (χ1) is 11.6. The molecule has 2 aliphatic carbocycles. The van der Waals surface area contributed by atoms with Crippen molar-refractivity contribution in [1.82, 2.24) is 14.5 Å². The summed E-state index contributed by atoms with van der Waals surface area (Å²) in [4.78, 5) is 35.0. The summed E-state index contributed by atoms with van der Waals surface area (Å²) in [5, 5.41) is 0. The zero-order valence-electron chi connectivity index (χ0n) is 13.6. The van der Waals surface area contributed by atoms with Gasteiger partial charge in [0.2, 0.25) is 5.91 Å². The molecule has 0 atom stereocenters. The van der Waals surface area contributed by atoms with Gasteiger partial charge in [0.15, 0.2) is 5.78 Å². The van der Waals surface area contributed by atoms with Crippen LogP contribution in [0.25, 0.3) is 5.69 Å². The van der Waals surface area contributed by atoms with Crippen LogP contribution in [-0.2, 0) is 17.6 Å². The molecule has 0 bridgehead atoms. The van der Waals surface area contributed by atoms with E-state index in [-0.39, 0.29) is 17.1 Å². The number of aryl methyl sites for hydroxylation is 1. The topological polar surface area (TPSA) is 68.1 Å². The van der Waals surface area contributed by atoms with E-state index in [1.54, 1.807) is 24.5 Å². The first-order valence-electron chi connectivity index (χ1n) is 8.42. The monoisotopic (exact) mass is 322 g/mol. The molecule has 1 amide bonds. The molecular weight excluding hydrogens is 304 g/mol. The van der Waals surface area contributed by atoms with Gasteiger partial charge >= 0.3 is 0 Å². The van der Waals surface area contributed by atoms with E-state index in [0.29, 0.717) is 25.1 Å². The van der Waals surface area contributed by atoms with Crippen molar-refractivity contribution in [3.8, 4) is 5.69 Å². The lowest BCUT2D eigenvalue weighted by Crippen LogP contribution is -2.32. The van der Waals surface area contributed by atoms with Gasteiger partial charge in [-0.25, -0.2) is 9.97 Å². The van der Waals surface area contributed by atoms with E-state index in [4.69, 9.17) is 0 Å². The fourth-order valence-electron chi connectivity index (χ4n) is 4.01. The molecule has 2 aromatic heterocycles. The third-order valence-electron chi connectivity index (χ3n) is 5.65. The summed E-state index contributed by atoms with van der Waals surface area (Å²) >= 11 is 0. The van der Waals surface area contributed by atoms with Crippen molar-refractivity contribution < 1.29 is 9.59 Å². The minimum Gasteiger partial charge on any atom is -0.300 e. The Balaban J connectivity index is 1.58. The number of carbonyl (C=O) groups excluding carboxylic acids is 2. The van der Waals surface area contributed by atoms with Gasteiger partial charge in [-0.3, -0.25) is 19.1 Å². The molecule has 0 aromatic carbocycles. The largest absolute Gasteiger partial charge is 0.300 e. The highest BCUT2D eigenvalue weighted by Gasteiger charge is 2.49. The third kappa shape index (κ3) is 1.89. The van der Waals surface area contributed by atoms with E-state index in [9.17, 15) is 9.59 Å². The number of hydrogen-bond donors (Lipinski definition) is 0. The Bertz CT molecular complexity index is 894. The highest BCUT2D eigenvalue weighted by molar-refractivity contribution is 5.98. The Morgan fingerprint density at radius 2 is 1.96 bits per heavy atom. The molecule has 1 fully saturated rings. The average Bonchev–Trinajstić information content (AvgIpc) is 3.16. The maximum atomic E-state index is 12.6. The summed E-state index contributed by atoms with van der Waals surface area (Å²) < 4.78 is 1.87. The van der Waals surface area contributed by atoms with Crippen molar-refractivity contribution in [2.75, 3.05) is 11.9 Å². The molecule has 122 valence electrons. The van der Waals surface area contributed by atoms with Gasteiger partial charge < -0.3 is 0 Å². The fourth-order valence-corrected chi connectivity index (χ4v) is 4.01. The first-order valence-corrected chi connectivity index (χ1v) is 8.42. The first kappa shape index (κ1) is 13.9. The van der Waals surface area contributed by atoms with E-state index >= 15 is 0 Å².